The first-order chi connectivity index (χ1) is 9.58. The van der Waals surface area contributed by atoms with Crippen molar-refractivity contribution in [3.05, 3.63) is 34.3 Å². The summed E-state index contributed by atoms with van der Waals surface area (Å²) in [6.07, 6.45) is 2.33. The molecule has 1 aliphatic rings. The second-order valence-electron chi connectivity index (χ2n) is 5.57. The van der Waals surface area contributed by atoms with Gasteiger partial charge < -0.3 is 4.74 Å². The Morgan fingerprint density at radius 1 is 1.45 bits per heavy atom. The van der Waals surface area contributed by atoms with Gasteiger partial charge in [-0.05, 0) is 44.9 Å². The number of ketones is 1. The van der Waals surface area contributed by atoms with Crippen LogP contribution in [0.4, 0.5) is 0 Å². The minimum Gasteiger partial charge on any atom is -0.381 e. The fourth-order valence-corrected chi connectivity index (χ4v) is 2.84. The molecule has 3 nitrogen and oxygen atoms in total. The van der Waals surface area contributed by atoms with Gasteiger partial charge in [-0.15, -0.1) is 0 Å². The normalized spacial score (nSPS) is 20.9. The van der Waals surface area contributed by atoms with E-state index in [0.29, 0.717) is 5.92 Å². The van der Waals surface area contributed by atoms with Crippen LogP contribution in [0.2, 0.25) is 0 Å². The minimum atomic E-state index is -0.0990. The number of ether oxygens (including phenoxy) is 1. The van der Waals surface area contributed by atoms with Gasteiger partial charge in [-0.1, -0.05) is 28.1 Å². The summed E-state index contributed by atoms with van der Waals surface area (Å²) in [6, 6.07) is 7.48. The van der Waals surface area contributed by atoms with Gasteiger partial charge in [0.05, 0.1) is 12.6 Å². The highest BCUT2D eigenvalue weighted by Gasteiger charge is 2.23. The molecule has 20 heavy (non-hydrogen) atoms. The standard InChI is InChI=1S/C16H22BrNO2/c1-12(16(19)14-5-7-15(17)8-6-14)18(2)10-13-4-3-9-20-11-13/h5-8,12-13H,3-4,9-11H2,1-2H3. The van der Waals surface area contributed by atoms with Crippen molar-refractivity contribution in [2.75, 3.05) is 26.8 Å². The summed E-state index contributed by atoms with van der Waals surface area (Å²) < 4.78 is 6.50. The fraction of sp³-hybridized carbons (Fsp3) is 0.562. The molecule has 0 radical (unpaired) electrons. The van der Waals surface area contributed by atoms with E-state index in [1.54, 1.807) is 0 Å². The van der Waals surface area contributed by atoms with Crippen molar-refractivity contribution in [2.24, 2.45) is 5.92 Å². The van der Waals surface area contributed by atoms with E-state index in [2.05, 4.69) is 20.8 Å². The van der Waals surface area contributed by atoms with Gasteiger partial charge in [0.15, 0.2) is 5.78 Å². The van der Waals surface area contributed by atoms with Crippen LogP contribution >= 0.6 is 15.9 Å². The van der Waals surface area contributed by atoms with Crippen LogP contribution in [0.15, 0.2) is 28.7 Å². The lowest BCUT2D eigenvalue weighted by Gasteiger charge is -2.30. The molecule has 0 saturated carbocycles. The van der Waals surface area contributed by atoms with E-state index in [-0.39, 0.29) is 11.8 Å². The first-order valence-electron chi connectivity index (χ1n) is 7.15. The first kappa shape index (κ1) is 15.7. The third-order valence-corrected chi connectivity index (χ3v) is 4.50. The van der Waals surface area contributed by atoms with E-state index >= 15 is 0 Å². The number of likely N-dealkylation sites (N-methyl/N-ethyl adjacent to an activating group) is 1. The molecule has 1 heterocycles. The molecule has 0 amide bonds. The molecule has 1 fully saturated rings. The predicted molar refractivity (Wildman–Crippen MR) is 84.1 cm³/mol. The topological polar surface area (TPSA) is 29.5 Å². The van der Waals surface area contributed by atoms with Crippen molar-refractivity contribution >= 4 is 21.7 Å². The van der Waals surface area contributed by atoms with Crippen molar-refractivity contribution in [1.82, 2.24) is 4.90 Å². The molecular formula is C16H22BrNO2. The van der Waals surface area contributed by atoms with Crippen molar-refractivity contribution in [3.8, 4) is 0 Å². The van der Waals surface area contributed by atoms with Crippen LogP contribution in [0.25, 0.3) is 0 Å². The summed E-state index contributed by atoms with van der Waals surface area (Å²) in [6.45, 7) is 4.61. The van der Waals surface area contributed by atoms with E-state index in [1.165, 1.54) is 6.42 Å². The summed E-state index contributed by atoms with van der Waals surface area (Å²) in [7, 11) is 2.02. The van der Waals surface area contributed by atoms with Crippen LogP contribution in [-0.4, -0.2) is 43.5 Å². The second kappa shape index (κ2) is 7.34. The number of hydrogen-bond donors (Lipinski definition) is 0. The predicted octanol–water partition coefficient (Wildman–Crippen LogP) is 3.38. The Bertz CT molecular complexity index is 440. The Hall–Kier alpha value is -0.710. The highest BCUT2D eigenvalue weighted by molar-refractivity contribution is 9.10. The van der Waals surface area contributed by atoms with Crippen LogP contribution in [0.3, 0.4) is 0 Å². The van der Waals surface area contributed by atoms with Gasteiger partial charge in [-0.3, -0.25) is 9.69 Å². The smallest absolute Gasteiger partial charge is 0.179 e. The van der Waals surface area contributed by atoms with Crippen molar-refractivity contribution in [3.63, 3.8) is 0 Å². The Morgan fingerprint density at radius 2 is 2.15 bits per heavy atom. The molecule has 1 saturated heterocycles. The Balaban J connectivity index is 1.93. The number of hydrogen-bond acceptors (Lipinski definition) is 3. The molecule has 1 aliphatic heterocycles. The summed E-state index contributed by atoms with van der Waals surface area (Å²) in [5, 5.41) is 0. The molecule has 2 unspecified atom stereocenters. The maximum absolute atomic E-state index is 12.5. The molecular weight excluding hydrogens is 318 g/mol. The van der Waals surface area contributed by atoms with E-state index in [1.807, 2.05) is 38.2 Å². The molecule has 0 bridgehead atoms. The third-order valence-electron chi connectivity index (χ3n) is 3.97. The largest absolute Gasteiger partial charge is 0.381 e. The quantitative estimate of drug-likeness (QED) is 0.770. The molecule has 2 rings (SSSR count). The van der Waals surface area contributed by atoms with E-state index in [0.717, 1.165) is 36.2 Å². The molecule has 110 valence electrons. The van der Waals surface area contributed by atoms with Gasteiger partial charge in [-0.25, -0.2) is 0 Å². The van der Waals surface area contributed by atoms with Gasteiger partial charge in [0, 0.05) is 23.2 Å². The number of halogens is 1. The highest BCUT2D eigenvalue weighted by Crippen LogP contribution is 2.17. The Morgan fingerprint density at radius 3 is 2.75 bits per heavy atom. The molecule has 1 aromatic rings. The lowest BCUT2D eigenvalue weighted by Crippen LogP contribution is -2.40. The van der Waals surface area contributed by atoms with Crippen molar-refractivity contribution < 1.29 is 9.53 Å². The Labute approximate surface area is 129 Å². The van der Waals surface area contributed by atoms with Gasteiger partial charge >= 0.3 is 0 Å². The van der Waals surface area contributed by atoms with E-state index in [4.69, 9.17) is 4.74 Å². The van der Waals surface area contributed by atoms with Crippen LogP contribution in [0.1, 0.15) is 30.1 Å². The molecule has 1 aromatic carbocycles. The zero-order valence-electron chi connectivity index (χ0n) is 12.1. The van der Waals surface area contributed by atoms with Crippen molar-refractivity contribution in [2.45, 2.75) is 25.8 Å². The summed E-state index contributed by atoms with van der Waals surface area (Å²) in [5.74, 6) is 0.727. The lowest BCUT2D eigenvalue weighted by atomic mass is 9.99. The zero-order chi connectivity index (χ0) is 14.5. The number of Topliss-reactive ketones (excluding diaryl/α,β-unsaturated/α-hetero) is 1. The van der Waals surface area contributed by atoms with Gasteiger partial charge in [-0.2, -0.15) is 0 Å². The van der Waals surface area contributed by atoms with E-state index < -0.39 is 0 Å². The average molecular weight is 340 g/mol. The number of rotatable bonds is 5. The summed E-state index contributed by atoms with van der Waals surface area (Å²) >= 11 is 3.39. The van der Waals surface area contributed by atoms with Crippen LogP contribution in [0.5, 0.6) is 0 Å². The molecule has 4 heteroatoms. The minimum absolute atomic E-state index is 0.0990. The molecule has 2 atom stereocenters. The highest BCUT2D eigenvalue weighted by atomic mass is 79.9. The van der Waals surface area contributed by atoms with Gasteiger partial charge in [0.2, 0.25) is 0 Å². The number of nitrogens with zero attached hydrogens (tertiary/aromatic N) is 1. The van der Waals surface area contributed by atoms with Crippen molar-refractivity contribution in [1.29, 1.82) is 0 Å². The maximum atomic E-state index is 12.5. The summed E-state index contributed by atoms with van der Waals surface area (Å²) in [5.41, 5.74) is 0.771. The van der Waals surface area contributed by atoms with Gasteiger partial charge in [0.25, 0.3) is 0 Å². The number of carbonyl (C=O) groups is 1. The fourth-order valence-electron chi connectivity index (χ4n) is 2.57. The number of carbonyl (C=O) groups excluding carboxylic acids is 1. The molecule has 0 aliphatic carbocycles. The Kier molecular flexibility index (Phi) is 5.75. The third kappa shape index (κ3) is 4.14. The SMILES string of the molecule is CC(C(=O)c1ccc(Br)cc1)N(C)CC1CCCOC1. The first-order valence-corrected chi connectivity index (χ1v) is 7.95. The van der Waals surface area contributed by atoms with Crippen LogP contribution in [0, 0.1) is 5.92 Å². The summed E-state index contributed by atoms with van der Waals surface area (Å²) in [4.78, 5) is 14.6. The van der Waals surface area contributed by atoms with Crippen LogP contribution < -0.4 is 0 Å². The van der Waals surface area contributed by atoms with Gasteiger partial charge in [0.1, 0.15) is 0 Å². The second-order valence-corrected chi connectivity index (χ2v) is 6.49. The monoisotopic (exact) mass is 339 g/mol. The zero-order valence-corrected chi connectivity index (χ0v) is 13.7. The molecule has 0 spiro atoms. The maximum Gasteiger partial charge on any atom is 0.179 e. The molecule has 0 N–H and O–H groups in total. The number of benzene rings is 1. The van der Waals surface area contributed by atoms with E-state index in [9.17, 15) is 4.79 Å². The average Bonchev–Trinajstić information content (AvgIpc) is 2.47. The van der Waals surface area contributed by atoms with Crippen LogP contribution in [-0.2, 0) is 4.74 Å². The molecule has 0 aromatic heterocycles. The lowest BCUT2D eigenvalue weighted by molar-refractivity contribution is 0.0364.